The van der Waals surface area contributed by atoms with Crippen molar-refractivity contribution >= 4 is 45.9 Å². The molecule has 3 aromatic carbocycles. The number of thioether (sulfide) groups is 1. The topological polar surface area (TPSA) is 84.0 Å². The predicted molar refractivity (Wildman–Crippen MR) is 124 cm³/mol. The van der Waals surface area contributed by atoms with E-state index in [-0.39, 0.29) is 17.6 Å². The number of fused-ring (bicyclic) bond motifs is 1. The van der Waals surface area contributed by atoms with Gasteiger partial charge in [-0.05, 0) is 42.6 Å². The fourth-order valence-electron chi connectivity index (χ4n) is 3.02. The Bertz CT molecular complexity index is 1220. The van der Waals surface area contributed by atoms with Crippen molar-refractivity contribution in [2.75, 3.05) is 16.4 Å². The molecule has 0 unspecified atom stereocenters. The van der Waals surface area contributed by atoms with E-state index in [4.69, 9.17) is 0 Å². The second-order valence-electron chi connectivity index (χ2n) is 6.94. The largest absolute Gasteiger partial charge is 0.325 e. The summed E-state index contributed by atoms with van der Waals surface area (Å²) in [5.41, 5.74) is 2.42. The van der Waals surface area contributed by atoms with Crippen LogP contribution >= 0.6 is 11.8 Å². The van der Waals surface area contributed by atoms with Crippen LogP contribution in [-0.4, -0.2) is 27.8 Å². The number of aryl methyl sites for hydroxylation is 1. The summed E-state index contributed by atoms with van der Waals surface area (Å²) in [5.74, 6) is 0.187. The lowest BCUT2D eigenvalue weighted by Gasteiger charge is -2.08. The van der Waals surface area contributed by atoms with Gasteiger partial charge in [0.05, 0.1) is 5.75 Å². The monoisotopic (exact) mass is 428 g/mol. The third-order valence-electron chi connectivity index (χ3n) is 4.61. The maximum absolute atomic E-state index is 12.4. The van der Waals surface area contributed by atoms with E-state index in [2.05, 4.69) is 20.8 Å². The molecule has 0 aliphatic carbocycles. The van der Waals surface area contributed by atoms with Crippen molar-refractivity contribution in [2.24, 2.45) is 0 Å². The number of rotatable bonds is 6. The van der Waals surface area contributed by atoms with Gasteiger partial charge in [0.2, 0.25) is 5.91 Å². The molecule has 0 spiro atoms. The smallest absolute Gasteiger partial charge is 0.256 e. The molecular weight excluding hydrogens is 408 g/mol. The van der Waals surface area contributed by atoms with E-state index >= 15 is 0 Å². The lowest BCUT2D eigenvalue weighted by atomic mass is 10.1. The molecule has 4 rings (SSSR count). The molecule has 0 atom stereocenters. The zero-order valence-electron chi connectivity index (χ0n) is 16.8. The second kappa shape index (κ2) is 9.40. The van der Waals surface area contributed by atoms with E-state index in [1.54, 1.807) is 24.3 Å². The summed E-state index contributed by atoms with van der Waals surface area (Å²) in [6, 6.07) is 24.4. The SMILES string of the molecule is Cc1ccc(C(=O)Nc2ccc(SCC(=O)Nc3cccc4ccccc34)nn2)cc1. The van der Waals surface area contributed by atoms with Gasteiger partial charge >= 0.3 is 0 Å². The molecule has 1 aromatic heterocycles. The highest BCUT2D eigenvalue weighted by Crippen LogP contribution is 2.23. The van der Waals surface area contributed by atoms with Crippen LogP contribution in [0.2, 0.25) is 0 Å². The number of hydrogen-bond acceptors (Lipinski definition) is 5. The Morgan fingerprint density at radius 3 is 2.39 bits per heavy atom. The van der Waals surface area contributed by atoms with E-state index in [1.807, 2.05) is 61.5 Å². The minimum Gasteiger partial charge on any atom is -0.325 e. The molecule has 6 nitrogen and oxygen atoms in total. The summed E-state index contributed by atoms with van der Waals surface area (Å²) in [4.78, 5) is 24.6. The third-order valence-corrected chi connectivity index (χ3v) is 5.53. The Morgan fingerprint density at radius 2 is 1.61 bits per heavy atom. The average Bonchev–Trinajstić information content (AvgIpc) is 2.79. The lowest BCUT2D eigenvalue weighted by molar-refractivity contribution is -0.113. The Hall–Kier alpha value is -3.71. The standard InChI is InChI=1S/C24H20N4O2S/c1-16-9-11-18(12-10-16)24(30)26-21-13-14-23(28-27-21)31-15-22(29)25-20-8-4-6-17-5-2-3-7-19(17)20/h2-14H,15H2,1H3,(H,25,29)(H,26,27,30). The Balaban J connectivity index is 1.32. The molecule has 31 heavy (non-hydrogen) atoms. The van der Waals surface area contributed by atoms with Crippen LogP contribution in [0.4, 0.5) is 11.5 Å². The number of carbonyl (C=O) groups is 2. The fourth-order valence-corrected chi connectivity index (χ4v) is 3.63. The molecule has 0 saturated carbocycles. The molecule has 154 valence electrons. The van der Waals surface area contributed by atoms with Gasteiger partial charge in [-0.2, -0.15) is 0 Å². The number of nitrogens with zero attached hydrogens (tertiary/aromatic N) is 2. The van der Waals surface area contributed by atoms with Crippen molar-refractivity contribution in [3.05, 3.63) is 90.0 Å². The van der Waals surface area contributed by atoms with Crippen molar-refractivity contribution < 1.29 is 9.59 Å². The number of nitrogens with one attached hydrogen (secondary N) is 2. The van der Waals surface area contributed by atoms with Crippen LogP contribution < -0.4 is 10.6 Å². The first kappa shape index (κ1) is 20.6. The van der Waals surface area contributed by atoms with Gasteiger partial charge in [0, 0.05) is 16.6 Å². The van der Waals surface area contributed by atoms with Gasteiger partial charge in [-0.1, -0.05) is 65.9 Å². The fraction of sp³-hybridized carbons (Fsp3) is 0.0833. The van der Waals surface area contributed by atoms with E-state index in [0.717, 1.165) is 22.0 Å². The molecule has 0 radical (unpaired) electrons. The first-order valence-corrected chi connectivity index (χ1v) is 10.7. The van der Waals surface area contributed by atoms with E-state index in [0.29, 0.717) is 16.4 Å². The summed E-state index contributed by atoms with van der Waals surface area (Å²) < 4.78 is 0. The Kier molecular flexibility index (Phi) is 6.24. The molecule has 0 saturated heterocycles. The zero-order chi connectivity index (χ0) is 21.6. The first-order valence-electron chi connectivity index (χ1n) is 9.71. The second-order valence-corrected chi connectivity index (χ2v) is 7.94. The highest BCUT2D eigenvalue weighted by atomic mass is 32.2. The highest BCUT2D eigenvalue weighted by molar-refractivity contribution is 7.99. The predicted octanol–water partition coefficient (Wildman–Crippen LogP) is 4.92. The summed E-state index contributed by atoms with van der Waals surface area (Å²) in [6.07, 6.45) is 0. The number of amides is 2. The molecule has 0 aliphatic rings. The van der Waals surface area contributed by atoms with Crippen LogP contribution in [0.3, 0.4) is 0 Å². The normalized spacial score (nSPS) is 10.6. The van der Waals surface area contributed by atoms with Crippen LogP contribution in [0.25, 0.3) is 10.8 Å². The van der Waals surface area contributed by atoms with E-state index in [9.17, 15) is 9.59 Å². The van der Waals surface area contributed by atoms with E-state index < -0.39 is 0 Å². The van der Waals surface area contributed by atoms with Crippen molar-refractivity contribution in [2.45, 2.75) is 11.9 Å². The Morgan fingerprint density at radius 1 is 0.839 bits per heavy atom. The van der Waals surface area contributed by atoms with Gasteiger partial charge in [0.1, 0.15) is 5.03 Å². The van der Waals surface area contributed by atoms with Crippen molar-refractivity contribution in [3.63, 3.8) is 0 Å². The van der Waals surface area contributed by atoms with Crippen LogP contribution in [0, 0.1) is 6.92 Å². The van der Waals surface area contributed by atoms with E-state index in [1.165, 1.54) is 11.8 Å². The van der Waals surface area contributed by atoms with Crippen molar-refractivity contribution in [1.29, 1.82) is 0 Å². The lowest BCUT2D eigenvalue weighted by Crippen LogP contribution is -2.15. The maximum atomic E-state index is 12.4. The van der Waals surface area contributed by atoms with Crippen LogP contribution in [0.5, 0.6) is 0 Å². The molecular formula is C24H20N4O2S. The van der Waals surface area contributed by atoms with Crippen LogP contribution in [0.1, 0.15) is 15.9 Å². The number of aromatic nitrogens is 2. The number of benzene rings is 3. The molecule has 0 fully saturated rings. The molecule has 7 heteroatoms. The first-order chi connectivity index (χ1) is 15.1. The summed E-state index contributed by atoms with van der Waals surface area (Å²) in [7, 11) is 0. The highest BCUT2D eigenvalue weighted by Gasteiger charge is 2.09. The number of anilines is 2. The molecule has 1 heterocycles. The summed E-state index contributed by atoms with van der Waals surface area (Å²) >= 11 is 1.28. The van der Waals surface area contributed by atoms with Gasteiger partial charge in [-0.15, -0.1) is 10.2 Å². The number of hydrogen-bond donors (Lipinski definition) is 2. The van der Waals surface area contributed by atoms with Gasteiger partial charge in [0.15, 0.2) is 5.82 Å². The van der Waals surface area contributed by atoms with Crippen LogP contribution in [-0.2, 0) is 4.79 Å². The van der Waals surface area contributed by atoms with Crippen molar-refractivity contribution in [3.8, 4) is 0 Å². The molecule has 0 aliphatic heterocycles. The molecule has 0 bridgehead atoms. The zero-order valence-corrected chi connectivity index (χ0v) is 17.6. The van der Waals surface area contributed by atoms with Crippen LogP contribution in [0.15, 0.2) is 83.9 Å². The summed E-state index contributed by atoms with van der Waals surface area (Å²) in [6.45, 7) is 1.96. The Labute approximate surface area is 184 Å². The maximum Gasteiger partial charge on any atom is 0.256 e. The molecule has 4 aromatic rings. The van der Waals surface area contributed by atoms with Gasteiger partial charge < -0.3 is 10.6 Å². The quantitative estimate of drug-likeness (QED) is 0.426. The molecule has 2 N–H and O–H groups in total. The molecule has 2 amide bonds. The number of carbonyl (C=O) groups excluding carboxylic acids is 2. The van der Waals surface area contributed by atoms with Gasteiger partial charge in [-0.3, -0.25) is 9.59 Å². The minimum atomic E-state index is -0.246. The minimum absolute atomic E-state index is 0.125. The third kappa shape index (κ3) is 5.26. The van der Waals surface area contributed by atoms with Gasteiger partial charge in [-0.25, -0.2) is 0 Å². The van der Waals surface area contributed by atoms with Gasteiger partial charge in [0.25, 0.3) is 5.91 Å². The average molecular weight is 429 g/mol. The van der Waals surface area contributed by atoms with Crippen molar-refractivity contribution in [1.82, 2.24) is 10.2 Å². The summed E-state index contributed by atoms with van der Waals surface area (Å²) in [5, 5.41) is 16.5.